The fraction of sp³-hybridized carbons (Fsp3) is 0.500. The molecule has 0 aliphatic carbocycles. The van der Waals surface area contributed by atoms with Crippen LogP contribution in [-0.2, 0) is 13.1 Å². The van der Waals surface area contributed by atoms with Gasteiger partial charge in [0.05, 0.1) is 0 Å². The number of nitrogens with zero attached hydrogens (tertiary/aromatic N) is 1. The van der Waals surface area contributed by atoms with E-state index in [0.29, 0.717) is 12.0 Å². The Labute approximate surface area is 123 Å². The highest BCUT2D eigenvalue weighted by molar-refractivity contribution is 7.19. The third-order valence-corrected chi connectivity index (χ3v) is 5.39. The van der Waals surface area contributed by atoms with Crippen molar-refractivity contribution in [1.29, 1.82) is 0 Å². The van der Waals surface area contributed by atoms with Crippen LogP contribution in [0.3, 0.4) is 0 Å². The van der Waals surface area contributed by atoms with Gasteiger partial charge in [-0.3, -0.25) is 4.90 Å². The van der Waals surface area contributed by atoms with Crippen molar-refractivity contribution in [1.82, 2.24) is 4.90 Å². The minimum Gasteiger partial charge on any atom is -0.326 e. The molecule has 1 aromatic carbocycles. The first-order valence-corrected chi connectivity index (χ1v) is 7.93. The summed E-state index contributed by atoms with van der Waals surface area (Å²) in [6.07, 6.45) is 1.20. The molecule has 4 heteroatoms. The number of halogens is 1. The smallest absolute Gasteiger partial charge is 0.132 e. The number of likely N-dealkylation sites (tertiary alicyclic amines) is 1. The lowest BCUT2D eigenvalue weighted by Gasteiger charge is -2.20. The maximum absolute atomic E-state index is 14.2. The third-order valence-electron chi connectivity index (χ3n) is 4.17. The van der Waals surface area contributed by atoms with Crippen LogP contribution in [0, 0.1) is 11.2 Å². The fourth-order valence-corrected chi connectivity index (χ4v) is 4.24. The average Bonchev–Trinajstić information content (AvgIpc) is 2.91. The molecule has 1 fully saturated rings. The lowest BCUT2D eigenvalue weighted by atomic mass is 9.93. The maximum Gasteiger partial charge on any atom is 0.132 e. The van der Waals surface area contributed by atoms with Gasteiger partial charge < -0.3 is 5.73 Å². The number of hydrogen-bond donors (Lipinski definition) is 1. The van der Waals surface area contributed by atoms with Crippen molar-refractivity contribution in [3.63, 3.8) is 0 Å². The van der Waals surface area contributed by atoms with E-state index < -0.39 is 0 Å². The Morgan fingerprint density at radius 1 is 1.40 bits per heavy atom. The van der Waals surface area contributed by atoms with E-state index in [9.17, 15) is 4.39 Å². The molecule has 2 nitrogen and oxygen atoms in total. The number of nitrogens with two attached hydrogens (primary N) is 1. The Bertz CT molecular complexity index is 633. The van der Waals surface area contributed by atoms with Gasteiger partial charge in [0, 0.05) is 34.6 Å². The molecule has 0 saturated carbocycles. The van der Waals surface area contributed by atoms with Gasteiger partial charge in [0.15, 0.2) is 0 Å². The largest absolute Gasteiger partial charge is 0.326 e. The molecule has 0 radical (unpaired) electrons. The van der Waals surface area contributed by atoms with Crippen molar-refractivity contribution in [3.05, 3.63) is 34.5 Å². The summed E-state index contributed by atoms with van der Waals surface area (Å²) in [6, 6.07) is 5.31. The van der Waals surface area contributed by atoms with Crippen LogP contribution < -0.4 is 5.73 Å². The Balaban J connectivity index is 1.98. The summed E-state index contributed by atoms with van der Waals surface area (Å²) >= 11 is 1.63. The molecule has 1 aliphatic rings. The number of hydrogen-bond acceptors (Lipinski definition) is 3. The lowest BCUT2D eigenvalue weighted by molar-refractivity contribution is 0.285. The highest BCUT2D eigenvalue weighted by atomic mass is 32.1. The van der Waals surface area contributed by atoms with Crippen molar-refractivity contribution in [2.75, 3.05) is 13.1 Å². The summed E-state index contributed by atoms with van der Waals surface area (Å²) in [5.41, 5.74) is 7.33. The summed E-state index contributed by atoms with van der Waals surface area (Å²) < 4.78 is 15.2. The van der Waals surface area contributed by atoms with Gasteiger partial charge >= 0.3 is 0 Å². The molecule has 2 heterocycles. The Kier molecular flexibility index (Phi) is 3.56. The summed E-state index contributed by atoms with van der Waals surface area (Å²) in [6.45, 7) is 8.06. The molecule has 0 bridgehead atoms. The quantitative estimate of drug-likeness (QED) is 0.934. The minimum atomic E-state index is -0.119. The van der Waals surface area contributed by atoms with E-state index in [-0.39, 0.29) is 5.82 Å². The normalized spacial score (nSPS) is 19.0. The van der Waals surface area contributed by atoms with Crippen LogP contribution in [0.1, 0.15) is 30.7 Å². The minimum absolute atomic E-state index is 0.119. The molecule has 1 aliphatic heterocycles. The van der Waals surface area contributed by atoms with E-state index >= 15 is 0 Å². The molecule has 20 heavy (non-hydrogen) atoms. The second kappa shape index (κ2) is 5.10. The summed E-state index contributed by atoms with van der Waals surface area (Å²) in [5.74, 6) is -0.119. The molecule has 108 valence electrons. The summed E-state index contributed by atoms with van der Waals surface area (Å²) in [4.78, 5) is 3.54. The first-order valence-electron chi connectivity index (χ1n) is 7.11. The SMILES string of the molecule is CC1(C)CCN(Cc2c(CN)sc3cccc(F)c23)C1. The van der Waals surface area contributed by atoms with Gasteiger partial charge in [-0.15, -0.1) is 11.3 Å². The Morgan fingerprint density at radius 2 is 2.20 bits per heavy atom. The summed E-state index contributed by atoms with van der Waals surface area (Å²) in [7, 11) is 0. The highest BCUT2D eigenvalue weighted by Gasteiger charge is 2.30. The van der Waals surface area contributed by atoms with Crippen molar-refractivity contribution < 1.29 is 4.39 Å². The molecule has 0 spiro atoms. The van der Waals surface area contributed by atoms with Gasteiger partial charge in [-0.05, 0) is 36.1 Å². The zero-order valence-electron chi connectivity index (χ0n) is 12.1. The van der Waals surface area contributed by atoms with Crippen molar-refractivity contribution >= 4 is 21.4 Å². The zero-order valence-corrected chi connectivity index (χ0v) is 12.9. The molecule has 1 aromatic heterocycles. The highest BCUT2D eigenvalue weighted by Crippen LogP contribution is 2.36. The van der Waals surface area contributed by atoms with Crippen molar-refractivity contribution in [2.24, 2.45) is 11.1 Å². The van der Waals surface area contributed by atoms with E-state index in [1.807, 2.05) is 6.07 Å². The number of fused-ring (bicyclic) bond motifs is 1. The second-order valence-electron chi connectivity index (χ2n) is 6.45. The number of benzene rings is 1. The first kappa shape index (κ1) is 14.0. The molecule has 0 atom stereocenters. The van der Waals surface area contributed by atoms with E-state index in [2.05, 4.69) is 18.7 Å². The van der Waals surface area contributed by atoms with E-state index in [0.717, 1.165) is 40.2 Å². The summed E-state index contributed by atoms with van der Waals surface area (Å²) in [5, 5.41) is 0.780. The van der Waals surface area contributed by atoms with E-state index in [4.69, 9.17) is 5.73 Å². The van der Waals surface area contributed by atoms with Gasteiger partial charge in [-0.25, -0.2) is 4.39 Å². The van der Waals surface area contributed by atoms with Gasteiger partial charge in [0.1, 0.15) is 5.82 Å². The molecular formula is C16H21FN2S. The van der Waals surface area contributed by atoms with E-state index in [1.54, 1.807) is 23.5 Å². The van der Waals surface area contributed by atoms with Gasteiger partial charge in [0.2, 0.25) is 0 Å². The topological polar surface area (TPSA) is 29.3 Å². The molecule has 2 N–H and O–H groups in total. The van der Waals surface area contributed by atoms with Gasteiger partial charge in [0.25, 0.3) is 0 Å². The predicted octanol–water partition coefficient (Wildman–Crippen LogP) is 3.73. The third kappa shape index (κ3) is 2.48. The molecule has 0 amide bonds. The molecular weight excluding hydrogens is 271 g/mol. The van der Waals surface area contributed by atoms with Crippen LogP contribution >= 0.6 is 11.3 Å². The molecule has 0 unspecified atom stereocenters. The Hall–Kier alpha value is -0.970. The monoisotopic (exact) mass is 292 g/mol. The molecule has 3 rings (SSSR count). The van der Waals surface area contributed by atoms with Crippen molar-refractivity contribution in [3.8, 4) is 0 Å². The average molecular weight is 292 g/mol. The first-order chi connectivity index (χ1) is 9.50. The standard InChI is InChI=1S/C16H21FN2S/c1-16(2)6-7-19(10-16)9-11-14(8-18)20-13-5-3-4-12(17)15(11)13/h3-5H,6-10,18H2,1-2H3. The predicted molar refractivity (Wildman–Crippen MR) is 83.3 cm³/mol. The van der Waals surface area contributed by atoms with E-state index in [1.165, 1.54) is 6.42 Å². The van der Waals surface area contributed by atoms with Crippen LogP contribution in [0.5, 0.6) is 0 Å². The number of thiophene rings is 1. The Morgan fingerprint density at radius 3 is 2.85 bits per heavy atom. The molecule has 1 saturated heterocycles. The fourth-order valence-electron chi connectivity index (χ4n) is 3.13. The zero-order chi connectivity index (χ0) is 14.3. The second-order valence-corrected chi connectivity index (χ2v) is 7.58. The van der Waals surface area contributed by atoms with Crippen molar-refractivity contribution in [2.45, 2.75) is 33.4 Å². The van der Waals surface area contributed by atoms with Crippen LogP contribution in [0.2, 0.25) is 0 Å². The van der Waals surface area contributed by atoms with Crippen LogP contribution in [0.4, 0.5) is 4.39 Å². The molecule has 2 aromatic rings. The van der Waals surface area contributed by atoms with Crippen LogP contribution in [0.25, 0.3) is 10.1 Å². The van der Waals surface area contributed by atoms with Gasteiger partial charge in [-0.1, -0.05) is 19.9 Å². The number of rotatable bonds is 3. The maximum atomic E-state index is 14.2. The lowest BCUT2D eigenvalue weighted by Crippen LogP contribution is -2.23. The van der Waals surface area contributed by atoms with Gasteiger partial charge in [-0.2, -0.15) is 0 Å². The van der Waals surface area contributed by atoms with Crippen LogP contribution in [-0.4, -0.2) is 18.0 Å². The van der Waals surface area contributed by atoms with Crippen LogP contribution in [0.15, 0.2) is 18.2 Å².